The van der Waals surface area contributed by atoms with Crippen LogP contribution in [0.25, 0.3) is 0 Å². The Morgan fingerprint density at radius 3 is 2.50 bits per heavy atom. The minimum atomic E-state index is -0.0688. The number of amides is 1. The molecule has 2 heterocycles. The number of hydrogen-bond acceptors (Lipinski definition) is 4. The molecule has 7 nitrogen and oxygen atoms in total. The highest BCUT2D eigenvalue weighted by atomic mass is 127. The van der Waals surface area contributed by atoms with Crippen LogP contribution >= 0.6 is 24.0 Å². The van der Waals surface area contributed by atoms with Crippen molar-refractivity contribution in [1.82, 2.24) is 20.4 Å². The molecule has 0 aliphatic carbocycles. The number of piperazine rings is 1. The maximum absolute atomic E-state index is 11.3. The molecule has 24 heavy (non-hydrogen) atoms. The highest BCUT2D eigenvalue weighted by Crippen LogP contribution is 2.23. The molecule has 2 aliphatic heterocycles. The third-order valence-corrected chi connectivity index (χ3v) is 4.69. The number of carbonyl (C=O) groups is 1. The van der Waals surface area contributed by atoms with Crippen molar-refractivity contribution in [2.24, 2.45) is 4.99 Å². The van der Waals surface area contributed by atoms with E-state index in [2.05, 4.69) is 27.4 Å². The van der Waals surface area contributed by atoms with Gasteiger partial charge in [0.25, 0.3) is 0 Å². The van der Waals surface area contributed by atoms with Gasteiger partial charge in [-0.1, -0.05) is 0 Å². The molecule has 2 N–H and O–H groups in total. The van der Waals surface area contributed by atoms with Crippen molar-refractivity contribution < 1.29 is 9.53 Å². The molecule has 0 bridgehead atoms. The van der Waals surface area contributed by atoms with Crippen molar-refractivity contribution in [3.05, 3.63) is 0 Å². The molecule has 0 saturated carbocycles. The monoisotopic (exact) mass is 453 g/mol. The van der Waals surface area contributed by atoms with Gasteiger partial charge in [0.15, 0.2) is 5.96 Å². The number of guanidine groups is 1. The number of carbonyl (C=O) groups excluding carboxylic acids is 1. The molecule has 0 aromatic rings. The van der Waals surface area contributed by atoms with Gasteiger partial charge in [-0.2, -0.15) is 0 Å². The summed E-state index contributed by atoms with van der Waals surface area (Å²) in [6, 6.07) is 0. The van der Waals surface area contributed by atoms with Crippen LogP contribution in [0.2, 0.25) is 0 Å². The molecule has 140 valence electrons. The second-order valence-corrected chi connectivity index (χ2v) is 6.60. The first kappa shape index (κ1) is 21.4. The summed E-state index contributed by atoms with van der Waals surface area (Å²) in [6.07, 6.45) is 2.23. The van der Waals surface area contributed by atoms with Crippen LogP contribution in [0, 0.1) is 0 Å². The zero-order valence-corrected chi connectivity index (χ0v) is 17.5. The summed E-state index contributed by atoms with van der Waals surface area (Å²) < 4.78 is 5.78. The molecule has 0 aromatic carbocycles. The molecule has 0 spiro atoms. The number of rotatable bonds is 5. The Balaban J connectivity index is 0.00000288. The van der Waals surface area contributed by atoms with Gasteiger partial charge in [0.2, 0.25) is 5.91 Å². The van der Waals surface area contributed by atoms with E-state index in [0.29, 0.717) is 0 Å². The number of ether oxygens (including phenoxy) is 1. The summed E-state index contributed by atoms with van der Waals surface area (Å²) in [5.41, 5.74) is -0.0688. The van der Waals surface area contributed by atoms with Crippen LogP contribution in [0.3, 0.4) is 0 Å². The Morgan fingerprint density at radius 1 is 1.25 bits per heavy atom. The molecule has 8 heteroatoms. The molecule has 2 aliphatic rings. The fourth-order valence-corrected chi connectivity index (χ4v) is 3.09. The van der Waals surface area contributed by atoms with Crippen molar-refractivity contribution in [3.63, 3.8) is 0 Å². The first-order chi connectivity index (χ1) is 11.0. The zero-order valence-electron chi connectivity index (χ0n) is 15.1. The fraction of sp³-hybridized carbons (Fsp3) is 0.875. The number of aliphatic imine (C=N–C) groups is 1. The van der Waals surface area contributed by atoms with E-state index >= 15 is 0 Å². The lowest BCUT2D eigenvalue weighted by atomic mass is 10.0. The van der Waals surface area contributed by atoms with Crippen LogP contribution in [0.4, 0.5) is 0 Å². The lowest BCUT2D eigenvalue weighted by Crippen LogP contribution is -2.51. The molecular weight excluding hydrogens is 421 g/mol. The Morgan fingerprint density at radius 2 is 1.96 bits per heavy atom. The molecule has 0 radical (unpaired) electrons. The van der Waals surface area contributed by atoms with Gasteiger partial charge in [0.05, 0.1) is 5.60 Å². The fourth-order valence-electron chi connectivity index (χ4n) is 3.09. The third kappa shape index (κ3) is 6.72. The number of nitrogens with zero attached hydrogens (tertiary/aromatic N) is 3. The van der Waals surface area contributed by atoms with Crippen molar-refractivity contribution >= 4 is 35.8 Å². The smallest absolute Gasteiger partial charge is 0.219 e. The SMILES string of the molecule is CN=C(NCCN1CCN(C(C)=O)CC1)NCC1(C)CCCO1.I. The predicted molar refractivity (Wildman–Crippen MR) is 107 cm³/mol. The molecule has 2 fully saturated rings. The third-order valence-electron chi connectivity index (χ3n) is 4.69. The quantitative estimate of drug-likeness (QED) is 0.361. The Kier molecular flexibility index (Phi) is 9.28. The minimum absolute atomic E-state index is 0. The highest BCUT2D eigenvalue weighted by Gasteiger charge is 2.29. The number of hydrogen-bond donors (Lipinski definition) is 2. The van der Waals surface area contributed by atoms with E-state index < -0.39 is 0 Å². The summed E-state index contributed by atoms with van der Waals surface area (Å²) in [5, 5.41) is 6.71. The normalized spacial score (nSPS) is 25.3. The van der Waals surface area contributed by atoms with Crippen LogP contribution in [-0.2, 0) is 9.53 Å². The molecule has 2 saturated heterocycles. The summed E-state index contributed by atoms with van der Waals surface area (Å²) >= 11 is 0. The summed E-state index contributed by atoms with van der Waals surface area (Å²) in [5.74, 6) is 0.999. The van der Waals surface area contributed by atoms with Crippen LogP contribution < -0.4 is 10.6 Å². The summed E-state index contributed by atoms with van der Waals surface area (Å²) in [6.45, 7) is 10.8. The topological polar surface area (TPSA) is 69.2 Å². The van der Waals surface area contributed by atoms with Gasteiger partial charge in [-0.05, 0) is 19.8 Å². The zero-order chi connectivity index (χ0) is 16.7. The average molecular weight is 453 g/mol. The first-order valence-electron chi connectivity index (χ1n) is 8.59. The second-order valence-electron chi connectivity index (χ2n) is 6.60. The van der Waals surface area contributed by atoms with E-state index in [1.54, 1.807) is 14.0 Å². The highest BCUT2D eigenvalue weighted by molar-refractivity contribution is 14.0. The van der Waals surface area contributed by atoms with Crippen molar-refractivity contribution in [1.29, 1.82) is 0 Å². The van der Waals surface area contributed by atoms with Crippen LogP contribution in [0.15, 0.2) is 4.99 Å². The van der Waals surface area contributed by atoms with Crippen LogP contribution in [0.5, 0.6) is 0 Å². The van der Waals surface area contributed by atoms with E-state index in [1.807, 2.05) is 4.90 Å². The van der Waals surface area contributed by atoms with Crippen molar-refractivity contribution in [2.75, 3.05) is 59.5 Å². The molecule has 2 rings (SSSR count). The first-order valence-corrected chi connectivity index (χ1v) is 8.59. The summed E-state index contributed by atoms with van der Waals surface area (Å²) in [4.78, 5) is 19.9. The van der Waals surface area contributed by atoms with Gasteiger partial charge in [-0.15, -0.1) is 24.0 Å². The van der Waals surface area contributed by atoms with Crippen LogP contribution in [-0.4, -0.2) is 86.7 Å². The molecule has 0 aromatic heterocycles. The van der Waals surface area contributed by atoms with Crippen molar-refractivity contribution in [2.45, 2.75) is 32.3 Å². The van der Waals surface area contributed by atoms with Gasteiger partial charge in [0, 0.05) is 66.4 Å². The molecule has 1 unspecified atom stereocenters. The molecule has 1 atom stereocenters. The maximum atomic E-state index is 11.3. The van der Waals surface area contributed by atoms with Crippen LogP contribution in [0.1, 0.15) is 26.7 Å². The van der Waals surface area contributed by atoms with E-state index in [4.69, 9.17) is 4.74 Å². The van der Waals surface area contributed by atoms with E-state index in [0.717, 1.165) is 71.2 Å². The lowest BCUT2D eigenvalue weighted by molar-refractivity contribution is -0.130. The Bertz CT molecular complexity index is 419. The maximum Gasteiger partial charge on any atom is 0.219 e. The van der Waals surface area contributed by atoms with Gasteiger partial charge < -0.3 is 20.3 Å². The second kappa shape index (κ2) is 10.4. The summed E-state index contributed by atoms with van der Waals surface area (Å²) in [7, 11) is 1.79. The van der Waals surface area contributed by atoms with E-state index in [1.165, 1.54) is 0 Å². The Hall–Kier alpha value is -0.610. The Labute approximate surface area is 162 Å². The number of nitrogens with one attached hydrogen (secondary N) is 2. The van der Waals surface area contributed by atoms with Gasteiger partial charge in [0.1, 0.15) is 0 Å². The largest absolute Gasteiger partial charge is 0.373 e. The number of halogens is 1. The molecule has 1 amide bonds. The minimum Gasteiger partial charge on any atom is -0.373 e. The molecular formula is C16H32IN5O2. The lowest BCUT2D eigenvalue weighted by Gasteiger charge is -2.34. The van der Waals surface area contributed by atoms with E-state index in [9.17, 15) is 4.79 Å². The van der Waals surface area contributed by atoms with Gasteiger partial charge >= 0.3 is 0 Å². The average Bonchev–Trinajstić information content (AvgIpc) is 2.98. The van der Waals surface area contributed by atoms with Gasteiger partial charge in [-0.3, -0.25) is 14.7 Å². The van der Waals surface area contributed by atoms with Gasteiger partial charge in [-0.25, -0.2) is 0 Å². The standard InChI is InChI=1S/C16H31N5O2.HI/c1-14(22)21-10-8-20(9-11-21)7-6-18-15(17-3)19-13-16(2)5-4-12-23-16;/h4-13H2,1-3H3,(H2,17,18,19);1H. The van der Waals surface area contributed by atoms with Crippen molar-refractivity contribution in [3.8, 4) is 0 Å². The van der Waals surface area contributed by atoms with E-state index in [-0.39, 0.29) is 35.5 Å². The predicted octanol–water partition coefficient (Wildman–Crippen LogP) is 0.503.